The lowest BCUT2D eigenvalue weighted by molar-refractivity contribution is -0.142. The summed E-state index contributed by atoms with van der Waals surface area (Å²) < 4.78 is 0. The van der Waals surface area contributed by atoms with Crippen molar-refractivity contribution in [3.05, 3.63) is 35.9 Å². The molecule has 0 spiro atoms. The Morgan fingerprint density at radius 1 is 1.28 bits per heavy atom. The minimum atomic E-state index is -0.827. The Labute approximate surface area is 108 Å². The van der Waals surface area contributed by atoms with Crippen molar-refractivity contribution in [3.63, 3.8) is 0 Å². The van der Waals surface area contributed by atoms with E-state index in [4.69, 9.17) is 5.11 Å². The maximum atomic E-state index is 10.9. The average molecular weight is 251 g/mol. The third kappa shape index (κ3) is 4.47. The van der Waals surface area contributed by atoms with E-state index >= 15 is 0 Å². The van der Waals surface area contributed by atoms with Crippen LogP contribution in [0.2, 0.25) is 0 Å². The van der Waals surface area contributed by atoms with Crippen LogP contribution in [0.3, 0.4) is 0 Å². The molecule has 0 aliphatic heterocycles. The van der Waals surface area contributed by atoms with E-state index in [9.17, 15) is 9.90 Å². The number of carboxylic acid groups (broad SMARTS) is 1. The standard InChI is InChI=1S/C14H21NO3/c1-10(14(17)18)11(2)15-13(9-16)8-12-6-4-3-5-7-12/h3-7,10-11,13,15-16H,8-9H2,1-2H3,(H,17,18). The monoisotopic (exact) mass is 251 g/mol. The van der Waals surface area contributed by atoms with Crippen LogP contribution in [0.4, 0.5) is 0 Å². The van der Waals surface area contributed by atoms with E-state index in [2.05, 4.69) is 5.32 Å². The van der Waals surface area contributed by atoms with Crippen LogP contribution in [0.5, 0.6) is 0 Å². The number of rotatable bonds is 7. The van der Waals surface area contributed by atoms with Crippen molar-refractivity contribution in [3.8, 4) is 0 Å². The summed E-state index contributed by atoms with van der Waals surface area (Å²) in [5, 5.41) is 21.4. The van der Waals surface area contributed by atoms with E-state index < -0.39 is 11.9 Å². The van der Waals surface area contributed by atoms with Gasteiger partial charge >= 0.3 is 5.97 Å². The number of aliphatic hydroxyl groups excluding tert-OH is 1. The van der Waals surface area contributed by atoms with Crippen LogP contribution in [0.25, 0.3) is 0 Å². The molecule has 1 rings (SSSR count). The van der Waals surface area contributed by atoms with Gasteiger partial charge in [-0.3, -0.25) is 4.79 Å². The van der Waals surface area contributed by atoms with Crippen molar-refractivity contribution in [1.82, 2.24) is 5.32 Å². The van der Waals surface area contributed by atoms with Gasteiger partial charge < -0.3 is 15.5 Å². The molecule has 100 valence electrons. The molecule has 18 heavy (non-hydrogen) atoms. The van der Waals surface area contributed by atoms with Gasteiger partial charge in [-0.1, -0.05) is 37.3 Å². The molecule has 0 bridgehead atoms. The van der Waals surface area contributed by atoms with Gasteiger partial charge in [0, 0.05) is 12.1 Å². The molecule has 3 atom stereocenters. The molecule has 0 saturated heterocycles. The Kier molecular flexibility index (Phi) is 5.82. The lowest BCUT2D eigenvalue weighted by Gasteiger charge is -2.24. The van der Waals surface area contributed by atoms with Crippen LogP contribution in [0.15, 0.2) is 30.3 Å². The lowest BCUT2D eigenvalue weighted by Crippen LogP contribution is -2.45. The quantitative estimate of drug-likeness (QED) is 0.683. The molecule has 3 unspecified atom stereocenters. The molecule has 3 N–H and O–H groups in total. The average Bonchev–Trinajstić information content (AvgIpc) is 2.37. The molecule has 0 aromatic heterocycles. The minimum Gasteiger partial charge on any atom is -0.481 e. The Morgan fingerprint density at radius 3 is 2.39 bits per heavy atom. The molecule has 0 aliphatic rings. The molecule has 0 saturated carbocycles. The molecule has 0 aliphatic carbocycles. The Hall–Kier alpha value is -1.39. The first-order valence-electron chi connectivity index (χ1n) is 6.18. The number of nitrogens with one attached hydrogen (secondary N) is 1. The summed E-state index contributed by atoms with van der Waals surface area (Å²) >= 11 is 0. The zero-order valence-corrected chi connectivity index (χ0v) is 10.8. The van der Waals surface area contributed by atoms with Crippen LogP contribution < -0.4 is 5.32 Å². The molecular formula is C14H21NO3. The maximum Gasteiger partial charge on any atom is 0.307 e. The Bertz CT molecular complexity index is 367. The molecular weight excluding hydrogens is 230 g/mol. The fraction of sp³-hybridized carbons (Fsp3) is 0.500. The van der Waals surface area contributed by atoms with E-state index in [1.165, 1.54) is 0 Å². The molecule has 1 aromatic carbocycles. The smallest absolute Gasteiger partial charge is 0.307 e. The van der Waals surface area contributed by atoms with Crippen LogP contribution in [-0.4, -0.2) is 34.9 Å². The van der Waals surface area contributed by atoms with Crippen LogP contribution in [0.1, 0.15) is 19.4 Å². The summed E-state index contributed by atoms with van der Waals surface area (Å²) in [6.45, 7) is 3.48. The summed E-state index contributed by atoms with van der Waals surface area (Å²) in [4.78, 5) is 10.9. The molecule has 0 amide bonds. The van der Waals surface area contributed by atoms with E-state index in [-0.39, 0.29) is 18.7 Å². The van der Waals surface area contributed by atoms with Crippen molar-refractivity contribution >= 4 is 5.97 Å². The van der Waals surface area contributed by atoms with Crippen molar-refractivity contribution in [1.29, 1.82) is 0 Å². The van der Waals surface area contributed by atoms with Gasteiger partial charge in [0.1, 0.15) is 0 Å². The van der Waals surface area contributed by atoms with Crippen molar-refractivity contribution in [2.75, 3.05) is 6.61 Å². The second-order valence-electron chi connectivity index (χ2n) is 4.65. The van der Waals surface area contributed by atoms with Crippen molar-refractivity contribution in [2.45, 2.75) is 32.4 Å². The van der Waals surface area contributed by atoms with E-state index in [1.54, 1.807) is 6.92 Å². The highest BCUT2D eigenvalue weighted by Crippen LogP contribution is 2.07. The topological polar surface area (TPSA) is 69.6 Å². The molecule has 4 nitrogen and oxygen atoms in total. The third-order valence-corrected chi connectivity index (χ3v) is 3.18. The van der Waals surface area contributed by atoms with E-state index in [1.807, 2.05) is 37.3 Å². The second kappa shape index (κ2) is 7.13. The highest BCUT2D eigenvalue weighted by Gasteiger charge is 2.21. The number of benzene rings is 1. The van der Waals surface area contributed by atoms with Gasteiger partial charge in [-0.15, -0.1) is 0 Å². The van der Waals surface area contributed by atoms with Crippen molar-refractivity contribution < 1.29 is 15.0 Å². The predicted molar refractivity (Wildman–Crippen MR) is 70.4 cm³/mol. The minimum absolute atomic E-state index is 0.00836. The summed E-state index contributed by atoms with van der Waals surface area (Å²) in [6.07, 6.45) is 0.689. The van der Waals surface area contributed by atoms with Crippen LogP contribution in [-0.2, 0) is 11.2 Å². The fourth-order valence-electron chi connectivity index (χ4n) is 1.80. The zero-order chi connectivity index (χ0) is 13.5. The molecule has 4 heteroatoms. The van der Waals surface area contributed by atoms with E-state index in [0.29, 0.717) is 6.42 Å². The zero-order valence-electron chi connectivity index (χ0n) is 10.8. The number of hydrogen-bond acceptors (Lipinski definition) is 3. The number of aliphatic hydroxyl groups is 1. The van der Waals surface area contributed by atoms with Gasteiger partial charge in [0.15, 0.2) is 0 Å². The van der Waals surface area contributed by atoms with Gasteiger partial charge in [0.2, 0.25) is 0 Å². The Balaban J connectivity index is 2.54. The highest BCUT2D eigenvalue weighted by molar-refractivity contribution is 5.70. The largest absolute Gasteiger partial charge is 0.481 e. The SMILES string of the molecule is CC(NC(CO)Cc1ccccc1)C(C)C(=O)O. The van der Waals surface area contributed by atoms with Crippen LogP contribution >= 0.6 is 0 Å². The molecule has 0 fully saturated rings. The van der Waals surface area contributed by atoms with Gasteiger partial charge in [0.25, 0.3) is 0 Å². The summed E-state index contributed by atoms with van der Waals surface area (Å²) in [7, 11) is 0. The maximum absolute atomic E-state index is 10.9. The molecule has 0 radical (unpaired) electrons. The number of carbonyl (C=O) groups is 1. The van der Waals surface area contributed by atoms with Gasteiger partial charge in [-0.05, 0) is 18.9 Å². The van der Waals surface area contributed by atoms with Crippen molar-refractivity contribution in [2.24, 2.45) is 5.92 Å². The summed E-state index contributed by atoms with van der Waals surface area (Å²) in [5.74, 6) is -1.30. The first-order valence-corrected chi connectivity index (χ1v) is 6.18. The molecule has 0 heterocycles. The second-order valence-corrected chi connectivity index (χ2v) is 4.65. The number of aliphatic carboxylic acids is 1. The first-order chi connectivity index (χ1) is 8.54. The highest BCUT2D eigenvalue weighted by atomic mass is 16.4. The third-order valence-electron chi connectivity index (χ3n) is 3.18. The van der Waals surface area contributed by atoms with Crippen LogP contribution in [0, 0.1) is 5.92 Å². The lowest BCUT2D eigenvalue weighted by atomic mass is 10.0. The predicted octanol–water partition coefficient (Wildman–Crippen LogP) is 1.29. The Morgan fingerprint density at radius 2 is 1.89 bits per heavy atom. The normalized spacial score (nSPS) is 15.9. The van der Waals surface area contributed by atoms with Gasteiger partial charge in [0.05, 0.1) is 12.5 Å². The number of carboxylic acids is 1. The summed E-state index contributed by atoms with van der Waals surface area (Å²) in [6, 6.07) is 9.54. The first kappa shape index (κ1) is 14.7. The van der Waals surface area contributed by atoms with E-state index in [0.717, 1.165) is 5.56 Å². The van der Waals surface area contributed by atoms with Gasteiger partial charge in [-0.2, -0.15) is 0 Å². The summed E-state index contributed by atoms with van der Waals surface area (Å²) in [5.41, 5.74) is 1.12. The molecule has 1 aromatic rings. The van der Waals surface area contributed by atoms with Gasteiger partial charge in [-0.25, -0.2) is 0 Å². The fourth-order valence-corrected chi connectivity index (χ4v) is 1.80. The number of hydrogen-bond donors (Lipinski definition) is 3.